The van der Waals surface area contributed by atoms with Gasteiger partial charge in [-0.05, 0) is 44.4 Å². The van der Waals surface area contributed by atoms with Crippen LogP contribution in [0.1, 0.15) is 76.0 Å². The zero-order valence-corrected chi connectivity index (χ0v) is 17.0. The Bertz CT molecular complexity index is 682. The van der Waals surface area contributed by atoms with E-state index in [0.29, 0.717) is 25.3 Å². The third-order valence-corrected chi connectivity index (χ3v) is 6.83. The molecule has 1 aromatic heterocycles. The fourth-order valence-corrected chi connectivity index (χ4v) is 4.87. The molecule has 6 nitrogen and oxygen atoms in total. The number of carbonyl (C=O) groups excluding carboxylic acids is 2. The molecule has 6 heteroatoms. The number of aromatic nitrogens is 2. The minimum atomic E-state index is 0.193. The third-order valence-electron chi connectivity index (χ3n) is 6.83. The van der Waals surface area contributed by atoms with Crippen LogP contribution in [-0.4, -0.2) is 57.3 Å². The van der Waals surface area contributed by atoms with Gasteiger partial charge in [0.2, 0.25) is 11.8 Å². The Kier molecular flexibility index (Phi) is 6.33. The second-order valence-electron chi connectivity index (χ2n) is 8.86. The summed E-state index contributed by atoms with van der Waals surface area (Å²) >= 11 is 0. The first-order valence-electron chi connectivity index (χ1n) is 11.3. The number of rotatable bonds is 6. The van der Waals surface area contributed by atoms with Gasteiger partial charge in [-0.1, -0.05) is 12.8 Å². The summed E-state index contributed by atoms with van der Waals surface area (Å²) in [5, 5.41) is 0. The molecular formula is C22H34N4O2. The highest BCUT2D eigenvalue weighted by atomic mass is 16.2. The van der Waals surface area contributed by atoms with Gasteiger partial charge in [-0.25, -0.2) is 4.98 Å². The Morgan fingerprint density at radius 1 is 1.07 bits per heavy atom. The molecular weight excluding hydrogens is 352 g/mol. The van der Waals surface area contributed by atoms with E-state index in [2.05, 4.69) is 15.7 Å². The van der Waals surface area contributed by atoms with Crippen LogP contribution >= 0.6 is 0 Å². The van der Waals surface area contributed by atoms with Crippen LogP contribution in [0, 0.1) is 5.92 Å². The van der Waals surface area contributed by atoms with Crippen molar-refractivity contribution in [1.82, 2.24) is 19.4 Å². The molecule has 0 bridgehead atoms. The van der Waals surface area contributed by atoms with Crippen LogP contribution in [0.25, 0.3) is 0 Å². The molecule has 1 saturated carbocycles. The van der Waals surface area contributed by atoms with Crippen molar-refractivity contribution in [2.45, 2.75) is 76.7 Å². The van der Waals surface area contributed by atoms with Crippen molar-refractivity contribution in [3.8, 4) is 0 Å². The fourth-order valence-electron chi connectivity index (χ4n) is 4.87. The lowest BCUT2D eigenvalue weighted by Gasteiger charge is -2.34. The molecule has 3 aliphatic rings. The largest absolute Gasteiger partial charge is 0.342 e. The molecule has 28 heavy (non-hydrogen) atoms. The summed E-state index contributed by atoms with van der Waals surface area (Å²) in [6, 6.07) is 0. The molecule has 0 N–H and O–H groups in total. The van der Waals surface area contributed by atoms with Gasteiger partial charge in [-0.15, -0.1) is 0 Å². The van der Waals surface area contributed by atoms with Crippen molar-refractivity contribution in [3.63, 3.8) is 0 Å². The molecule has 4 rings (SSSR count). The Morgan fingerprint density at radius 2 is 1.96 bits per heavy atom. The van der Waals surface area contributed by atoms with Crippen LogP contribution in [0.15, 0.2) is 12.4 Å². The quantitative estimate of drug-likeness (QED) is 0.754. The normalized spacial score (nSPS) is 24.1. The van der Waals surface area contributed by atoms with Crippen LogP contribution < -0.4 is 0 Å². The van der Waals surface area contributed by atoms with Gasteiger partial charge in [0.25, 0.3) is 0 Å². The molecule has 0 spiro atoms. The number of piperidine rings is 1. The Morgan fingerprint density at radius 3 is 2.79 bits per heavy atom. The zero-order valence-electron chi connectivity index (χ0n) is 17.0. The lowest BCUT2D eigenvalue weighted by Crippen LogP contribution is -2.42. The smallest absolute Gasteiger partial charge is 0.224 e. The number of likely N-dealkylation sites (tertiary alicyclic amines) is 2. The summed E-state index contributed by atoms with van der Waals surface area (Å²) in [5.41, 5.74) is 0. The van der Waals surface area contributed by atoms with E-state index in [0.717, 1.165) is 70.0 Å². The highest BCUT2D eigenvalue weighted by molar-refractivity contribution is 5.79. The van der Waals surface area contributed by atoms with Crippen LogP contribution in [0.5, 0.6) is 0 Å². The molecule has 2 saturated heterocycles. The third kappa shape index (κ3) is 4.58. The predicted molar refractivity (Wildman–Crippen MR) is 108 cm³/mol. The van der Waals surface area contributed by atoms with Gasteiger partial charge >= 0.3 is 0 Å². The highest BCUT2D eigenvalue weighted by Gasteiger charge is 2.29. The maximum absolute atomic E-state index is 12.8. The van der Waals surface area contributed by atoms with E-state index in [9.17, 15) is 9.59 Å². The molecule has 3 heterocycles. The topological polar surface area (TPSA) is 58.4 Å². The average molecular weight is 387 g/mol. The SMILES string of the molecule is O=C1CCCCCN1CCC(=O)N1CCCC(c2nccn2CC2CCC2)C1. The first kappa shape index (κ1) is 19.5. The van der Waals surface area contributed by atoms with Gasteiger partial charge in [0.05, 0.1) is 0 Å². The van der Waals surface area contributed by atoms with E-state index in [1.165, 1.54) is 19.3 Å². The predicted octanol–water partition coefficient (Wildman–Crippen LogP) is 3.18. The monoisotopic (exact) mass is 386 g/mol. The van der Waals surface area contributed by atoms with Gasteiger partial charge in [0.15, 0.2) is 0 Å². The molecule has 1 aliphatic carbocycles. The maximum Gasteiger partial charge on any atom is 0.224 e. The second kappa shape index (κ2) is 9.10. The summed E-state index contributed by atoms with van der Waals surface area (Å²) in [4.78, 5) is 33.6. The minimum Gasteiger partial charge on any atom is -0.342 e. The minimum absolute atomic E-state index is 0.193. The number of imidazole rings is 1. The highest BCUT2D eigenvalue weighted by Crippen LogP contribution is 2.31. The van der Waals surface area contributed by atoms with Gasteiger partial charge in [0.1, 0.15) is 5.82 Å². The molecule has 2 amide bonds. The maximum atomic E-state index is 12.8. The first-order valence-corrected chi connectivity index (χ1v) is 11.3. The van der Waals surface area contributed by atoms with Crippen LogP contribution in [0.3, 0.4) is 0 Å². The second-order valence-corrected chi connectivity index (χ2v) is 8.86. The van der Waals surface area contributed by atoms with Gasteiger partial charge in [-0.3, -0.25) is 9.59 Å². The molecule has 2 aliphatic heterocycles. The van der Waals surface area contributed by atoms with Crippen molar-refractivity contribution >= 4 is 11.8 Å². The number of nitrogens with zero attached hydrogens (tertiary/aromatic N) is 4. The molecule has 1 atom stereocenters. The van der Waals surface area contributed by atoms with E-state index in [1.54, 1.807) is 0 Å². The fraction of sp³-hybridized carbons (Fsp3) is 0.773. The van der Waals surface area contributed by atoms with Crippen molar-refractivity contribution in [1.29, 1.82) is 0 Å². The van der Waals surface area contributed by atoms with Crippen molar-refractivity contribution in [3.05, 3.63) is 18.2 Å². The number of hydrogen-bond acceptors (Lipinski definition) is 3. The summed E-state index contributed by atoms with van der Waals surface area (Å²) in [6.45, 7) is 4.08. The Labute approximate surface area is 168 Å². The van der Waals surface area contributed by atoms with Gasteiger partial charge in [-0.2, -0.15) is 0 Å². The Hall–Kier alpha value is -1.85. The van der Waals surface area contributed by atoms with Crippen LogP contribution in [-0.2, 0) is 16.1 Å². The zero-order chi connectivity index (χ0) is 19.3. The summed E-state index contributed by atoms with van der Waals surface area (Å²) in [6.07, 6.45) is 14.5. The standard InChI is InChI=1S/C22H34N4O2/c27-20-9-2-1-3-12-24(20)14-10-21(28)25-13-5-8-19(17-25)22-23-11-15-26(22)16-18-6-4-7-18/h11,15,18-19H,1-10,12-14,16-17H2. The van der Waals surface area contributed by atoms with E-state index in [1.807, 2.05) is 16.0 Å². The lowest BCUT2D eigenvalue weighted by atomic mass is 9.85. The van der Waals surface area contributed by atoms with Crippen LogP contribution in [0.2, 0.25) is 0 Å². The molecule has 1 aromatic rings. The number of amides is 2. The van der Waals surface area contributed by atoms with E-state index >= 15 is 0 Å². The van der Waals surface area contributed by atoms with Crippen molar-refractivity contribution in [2.75, 3.05) is 26.2 Å². The van der Waals surface area contributed by atoms with Gasteiger partial charge in [0, 0.05) is 63.9 Å². The summed E-state index contributed by atoms with van der Waals surface area (Å²) in [5.74, 6) is 2.72. The molecule has 3 fully saturated rings. The lowest BCUT2D eigenvalue weighted by molar-refractivity contribution is -0.135. The molecule has 0 aromatic carbocycles. The number of carbonyl (C=O) groups is 2. The molecule has 1 unspecified atom stereocenters. The molecule has 0 radical (unpaired) electrons. The summed E-state index contributed by atoms with van der Waals surface area (Å²) in [7, 11) is 0. The first-order chi connectivity index (χ1) is 13.7. The van der Waals surface area contributed by atoms with Crippen molar-refractivity contribution in [2.24, 2.45) is 5.92 Å². The molecule has 154 valence electrons. The number of hydrogen-bond donors (Lipinski definition) is 0. The van der Waals surface area contributed by atoms with Crippen LogP contribution in [0.4, 0.5) is 0 Å². The van der Waals surface area contributed by atoms with Crippen molar-refractivity contribution < 1.29 is 9.59 Å². The van der Waals surface area contributed by atoms with Gasteiger partial charge < -0.3 is 14.4 Å². The summed E-state index contributed by atoms with van der Waals surface area (Å²) < 4.78 is 2.33. The van der Waals surface area contributed by atoms with E-state index in [4.69, 9.17) is 0 Å². The average Bonchev–Trinajstić information content (AvgIpc) is 3.05. The van der Waals surface area contributed by atoms with E-state index < -0.39 is 0 Å². The Balaban J connectivity index is 1.31. The van der Waals surface area contributed by atoms with E-state index in [-0.39, 0.29) is 11.8 Å².